The van der Waals surface area contributed by atoms with E-state index in [1.807, 2.05) is 0 Å². The Morgan fingerprint density at radius 2 is 1.10 bits per heavy atom. The summed E-state index contributed by atoms with van der Waals surface area (Å²) in [5.41, 5.74) is 0. The van der Waals surface area contributed by atoms with Crippen molar-refractivity contribution in [3.05, 3.63) is 0 Å². The SMILES string of the molecule is CCCCCCCCCCCC([14CH2]C)[N+](CC)(CC)CC. The summed E-state index contributed by atoms with van der Waals surface area (Å²) in [5, 5.41) is 0. The van der Waals surface area contributed by atoms with Crippen LogP contribution in [0.3, 0.4) is 0 Å². The van der Waals surface area contributed by atoms with E-state index < -0.39 is 0 Å². The van der Waals surface area contributed by atoms with E-state index in [0.29, 0.717) is 0 Å². The summed E-state index contributed by atoms with van der Waals surface area (Å²) in [6, 6.07) is 0.898. The molecule has 21 heavy (non-hydrogen) atoms. The number of hydrogen-bond donors (Lipinski definition) is 0. The van der Waals surface area contributed by atoms with Crippen molar-refractivity contribution in [2.24, 2.45) is 0 Å². The van der Waals surface area contributed by atoms with Gasteiger partial charge in [-0.3, -0.25) is 0 Å². The predicted octanol–water partition coefficient (Wildman–Crippen LogP) is 6.56. The second-order valence-corrected chi connectivity index (χ2v) is 6.85. The van der Waals surface area contributed by atoms with Gasteiger partial charge in [0.15, 0.2) is 0 Å². The van der Waals surface area contributed by atoms with Crippen LogP contribution in [0.25, 0.3) is 0 Å². The van der Waals surface area contributed by atoms with Crippen LogP contribution in [0.1, 0.15) is 105 Å². The quantitative estimate of drug-likeness (QED) is 0.237. The van der Waals surface area contributed by atoms with Gasteiger partial charge in [-0.05, 0) is 40.0 Å². The van der Waals surface area contributed by atoms with E-state index in [1.54, 1.807) is 0 Å². The van der Waals surface area contributed by atoms with Crippen molar-refractivity contribution < 1.29 is 4.48 Å². The second kappa shape index (κ2) is 13.6. The van der Waals surface area contributed by atoms with E-state index in [2.05, 4.69) is 34.6 Å². The maximum absolute atomic E-state index is 2.40. The van der Waals surface area contributed by atoms with Crippen LogP contribution in [-0.2, 0) is 0 Å². The van der Waals surface area contributed by atoms with Gasteiger partial charge in [0.25, 0.3) is 0 Å². The number of unbranched alkanes of at least 4 members (excludes halogenated alkanes) is 8. The Morgan fingerprint density at radius 3 is 1.48 bits per heavy atom. The van der Waals surface area contributed by atoms with Crippen LogP contribution in [0.2, 0.25) is 0 Å². The molecular formula is C20H44N+. The maximum Gasteiger partial charge on any atom is 0.0887 e. The molecule has 0 rings (SSSR count). The molecular weight excluding hydrogens is 256 g/mol. The molecule has 0 saturated heterocycles. The third-order valence-corrected chi connectivity index (χ3v) is 5.78. The molecule has 0 N–H and O–H groups in total. The Hall–Kier alpha value is -0.0400. The van der Waals surface area contributed by atoms with Crippen molar-refractivity contribution in [3.63, 3.8) is 0 Å². The summed E-state index contributed by atoms with van der Waals surface area (Å²) < 4.78 is 1.34. The fourth-order valence-electron chi connectivity index (χ4n) is 4.00. The topological polar surface area (TPSA) is 0 Å². The lowest BCUT2D eigenvalue weighted by Gasteiger charge is -2.43. The minimum absolute atomic E-state index is 0.898. The highest BCUT2D eigenvalue weighted by molar-refractivity contribution is 4.59. The average molecular weight is 301 g/mol. The van der Waals surface area contributed by atoms with Crippen molar-refractivity contribution in [1.82, 2.24) is 0 Å². The number of rotatable bonds is 15. The average Bonchev–Trinajstić information content (AvgIpc) is 2.53. The van der Waals surface area contributed by atoms with E-state index >= 15 is 0 Å². The summed E-state index contributed by atoms with van der Waals surface area (Å²) >= 11 is 0. The molecule has 128 valence electrons. The molecule has 0 saturated carbocycles. The van der Waals surface area contributed by atoms with Crippen LogP contribution in [0.5, 0.6) is 0 Å². The molecule has 0 aromatic heterocycles. The second-order valence-electron chi connectivity index (χ2n) is 6.85. The lowest BCUT2D eigenvalue weighted by atomic mass is 10.0. The van der Waals surface area contributed by atoms with Crippen molar-refractivity contribution >= 4 is 0 Å². The summed E-state index contributed by atoms with van der Waals surface area (Å²) in [7, 11) is 0. The standard InChI is InChI=1S/C20H44N/c1-6-11-12-13-14-15-16-17-18-19-20(7-2)21(8-3,9-4)10-5/h20H,6-19H2,1-5H3/q+1/i7+2. The Balaban J connectivity index is 3.77. The Kier molecular flexibility index (Phi) is 13.6. The van der Waals surface area contributed by atoms with Gasteiger partial charge in [-0.25, -0.2) is 0 Å². The van der Waals surface area contributed by atoms with Gasteiger partial charge < -0.3 is 4.48 Å². The van der Waals surface area contributed by atoms with Gasteiger partial charge in [-0.1, -0.05) is 65.2 Å². The molecule has 0 amide bonds. The third kappa shape index (κ3) is 8.24. The predicted molar refractivity (Wildman–Crippen MR) is 97.8 cm³/mol. The van der Waals surface area contributed by atoms with Crippen molar-refractivity contribution in [3.8, 4) is 0 Å². The van der Waals surface area contributed by atoms with E-state index in [1.165, 1.54) is 94.7 Å². The van der Waals surface area contributed by atoms with E-state index in [-0.39, 0.29) is 0 Å². The highest BCUT2D eigenvalue weighted by Gasteiger charge is 2.30. The molecule has 0 aliphatic heterocycles. The molecule has 0 heterocycles. The molecule has 0 spiro atoms. The van der Waals surface area contributed by atoms with E-state index in [0.717, 1.165) is 6.04 Å². The van der Waals surface area contributed by atoms with Gasteiger partial charge >= 0.3 is 0 Å². The third-order valence-electron chi connectivity index (χ3n) is 5.78. The zero-order valence-corrected chi connectivity index (χ0v) is 15.9. The van der Waals surface area contributed by atoms with Crippen LogP contribution in [0.4, 0.5) is 0 Å². The van der Waals surface area contributed by atoms with Gasteiger partial charge in [0.1, 0.15) is 0 Å². The zero-order chi connectivity index (χ0) is 16.0. The van der Waals surface area contributed by atoms with E-state index in [4.69, 9.17) is 0 Å². The minimum atomic E-state index is 0.898. The molecule has 1 heteroatoms. The zero-order valence-electron chi connectivity index (χ0n) is 15.9. The van der Waals surface area contributed by atoms with Gasteiger partial charge in [0, 0.05) is 0 Å². The minimum Gasteiger partial charge on any atom is -0.322 e. The van der Waals surface area contributed by atoms with Crippen LogP contribution in [0, 0.1) is 0 Å². The van der Waals surface area contributed by atoms with Crippen LogP contribution < -0.4 is 0 Å². The van der Waals surface area contributed by atoms with Crippen LogP contribution in [0.15, 0.2) is 0 Å². The summed E-state index contributed by atoms with van der Waals surface area (Å²) in [5.74, 6) is 0. The van der Waals surface area contributed by atoms with Gasteiger partial charge in [-0.2, -0.15) is 0 Å². The molecule has 0 bridgehead atoms. The molecule has 0 aromatic rings. The lowest BCUT2D eigenvalue weighted by Crippen LogP contribution is -2.54. The summed E-state index contributed by atoms with van der Waals surface area (Å²) in [6.45, 7) is 15.8. The van der Waals surface area contributed by atoms with Crippen LogP contribution in [-0.4, -0.2) is 30.2 Å². The van der Waals surface area contributed by atoms with Gasteiger partial charge in [-0.15, -0.1) is 0 Å². The highest BCUT2D eigenvalue weighted by Crippen LogP contribution is 2.22. The molecule has 0 aliphatic carbocycles. The number of quaternary nitrogens is 1. The fraction of sp³-hybridized carbons (Fsp3) is 1.00. The van der Waals surface area contributed by atoms with Crippen molar-refractivity contribution in [2.45, 2.75) is 111 Å². The molecule has 0 radical (unpaired) electrons. The maximum atomic E-state index is 2.40. The Morgan fingerprint density at radius 1 is 0.667 bits per heavy atom. The summed E-state index contributed by atoms with van der Waals surface area (Å²) in [6.07, 6.45) is 15.8. The molecule has 1 nitrogen and oxygen atoms in total. The van der Waals surface area contributed by atoms with Crippen molar-refractivity contribution in [2.75, 3.05) is 19.6 Å². The highest BCUT2D eigenvalue weighted by atomic mass is 15.4. The molecule has 0 aliphatic rings. The summed E-state index contributed by atoms with van der Waals surface area (Å²) in [4.78, 5) is 0. The molecule has 0 fully saturated rings. The first-order valence-corrected chi connectivity index (χ1v) is 10.1. The largest absolute Gasteiger partial charge is 0.322 e. The smallest absolute Gasteiger partial charge is 0.0887 e. The first-order chi connectivity index (χ1) is 10.2. The van der Waals surface area contributed by atoms with Gasteiger partial charge in [0.2, 0.25) is 0 Å². The Labute approximate surface area is 136 Å². The lowest BCUT2D eigenvalue weighted by molar-refractivity contribution is -0.947. The number of hydrogen-bond acceptors (Lipinski definition) is 0. The molecule has 0 aromatic carbocycles. The normalized spacial score (nSPS) is 13.6. The fourth-order valence-corrected chi connectivity index (χ4v) is 4.00. The molecule has 1 atom stereocenters. The van der Waals surface area contributed by atoms with Gasteiger partial charge in [0.05, 0.1) is 25.7 Å². The Bertz CT molecular complexity index is 200. The first kappa shape index (κ1) is 21.0. The van der Waals surface area contributed by atoms with Crippen LogP contribution >= 0.6 is 0 Å². The first-order valence-electron chi connectivity index (χ1n) is 10.1. The van der Waals surface area contributed by atoms with Crippen molar-refractivity contribution in [1.29, 1.82) is 0 Å². The number of nitrogens with zero attached hydrogens (tertiary/aromatic N) is 1. The van der Waals surface area contributed by atoms with E-state index in [9.17, 15) is 0 Å². The molecule has 1 unspecified atom stereocenters. The monoisotopic (exact) mass is 300 g/mol.